The largest absolute Gasteiger partial charge is 0.378 e. The Balaban J connectivity index is 3.08. The first-order valence-electron chi connectivity index (χ1n) is 8.58. The van der Waals surface area contributed by atoms with Gasteiger partial charge in [-0.1, -0.05) is 13.8 Å². The number of nitrogens with one attached hydrogen (secondary N) is 1. The van der Waals surface area contributed by atoms with Crippen LogP contribution in [0.3, 0.4) is 0 Å². The average molecular weight is 379 g/mol. The van der Waals surface area contributed by atoms with Crippen LogP contribution in [0.1, 0.15) is 27.7 Å². The molecule has 10 heteroatoms. The number of carbonyl (C=O) groups excluding carboxylic acids is 2. The number of amides is 2. The SMILES string of the molecule is CCOP(=O)(OCC)C(NC(=O)C(N)C(C)C)C(=O)N1CCOCC1. The number of nitrogens with two attached hydrogens (primary N) is 1. The van der Waals surface area contributed by atoms with E-state index >= 15 is 0 Å². The van der Waals surface area contributed by atoms with Crippen LogP contribution >= 0.6 is 7.60 Å². The van der Waals surface area contributed by atoms with Crippen LogP contribution in [0.15, 0.2) is 0 Å². The first-order chi connectivity index (χ1) is 11.8. The molecule has 1 aliphatic rings. The van der Waals surface area contributed by atoms with Crippen molar-refractivity contribution in [3.8, 4) is 0 Å². The van der Waals surface area contributed by atoms with Crippen LogP contribution in [0.5, 0.6) is 0 Å². The first kappa shape index (κ1) is 22.1. The lowest BCUT2D eigenvalue weighted by atomic mass is 10.1. The molecule has 0 saturated carbocycles. The Kier molecular flexibility index (Phi) is 9.02. The highest BCUT2D eigenvalue weighted by Gasteiger charge is 2.45. The molecular weight excluding hydrogens is 349 g/mol. The van der Waals surface area contributed by atoms with Crippen molar-refractivity contribution in [3.05, 3.63) is 0 Å². The van der Waals surface area contributed by atoms with Gasteiger partial charge in [0.05, 0.1) is 32.5 Å². The van der Waals surface area contributed by atoms with Gasteiger partial charge in [0.25, 0.3) is 5.91 Å². The quantitative estimate of drug-likeness (QED) is 0.561. The van der Waals surface area contributed by atoms with Crippen molar-refractivity contribution in [3.63, 3.8) is 0 Å². The number of carbonyl (C=O) groups is 2. The number of morpholine rings is 1. The topological polar surface area (TPSA) is 120 Å². The molecule has 0 spiro atoms. The van der Waals surface area contributed by atoms with Crippen molar-refractivity contribution in [2.24, 2.45) is 11.7 Å². The second kappa shape index (κ2) is 10.2. The monoisotopic (exact) mass is 379 g/mol. The fourth-order valence-electron chi connectivity index (χ4n) is 2.31. The molecule has 0 aromatic rings. The third kappa shape index (κ3) is 6.04. The highest BCUT2D eigenvalue weighted by atomic mass is 31.2. The summed E-state index contributed by atoms with van der Waals surface area (Å²) in [4.78, 5) is 26.8. The van der Waals surface area contributed by atoms with Gasteiger partial charge in [0.15, 0.2) is 0 Å². The van der Waals surface area contributed by atoms with Crippen molar-refractivity contribution in [1.29, 1.82) is 0 Å². The minimum atomic E-state index is -3.90. The van der Waals surface area contributed by atoms with Crippen molar-refractivity contribution in [1.82, 2.24) is 10.2 Å². The molecule has 3 N–H and O–H groups in total. The van der Waals surface area contributed by atoms with Crippen LogP contribution < -0.4 is 11.1 Å². The molecule has 0 radical (unpaired) electrons. The lowest BCUT2D eigenvalue weighted by Gasteiger charge is -2.33. The number of nitrogens with zero attached hydrogens (tertiary/aromatic N) is 1. The molecule has 1 aliphatic heterocycles. The Morgan fingerprint density at radius 3 is 2.16 bits per heavy atom. The number of rotatable bonds is 9. The van der Waals surface area contributed by atoms with E-state index in [0.717, 1.165) is 0 Å². The summed E-state index contributed by atoms with van der Waals surface area (Å²) < 4.78 is 28.9. The summed E-state index contributed by atoms with van der Waals surface area (Å²) in [5.41, 5.74) is 5.85. The normalized spacial score (nSPS) is 18.1. The fraction of sp³-hybridized carbons (Fsp3) is 0.867. The second-order valence-electron chi connectivity index (χ2n) is 5.99. The summed E-state index contributed by atoms with van der Waals surface area (Å²) in [7, 11) is -3.90. The van der Waals surface area contributed by atoms with E-state index in [1.54, 1.807) is 27.7 Å². The van der Waals surface area contributed by atoms with E-state index in [-0.39, 0.29) is 19.1 Å². The van der Waals surface area contributed by atoms with Gasteiger partial charge in [0, 0.05) is 13.1 Å². The van der Waals surface area contributed by atoms with Gasteiger partial charge in [-0.3, -0.25) is 14.2 Å². The smallest absolute Gasteiger partial charge is 0.362 e. The van der Waals surface area contributed by atoms with Gasteiger partial charge in [0.2, 0.25) is 11.7 Å². The molecule has 1 heterocycles. The Bertz CT molecular complexity index is 486. The maximum atomic E-state index is 13.1. The molecule has 0 aliphatic carbocycles. The van der Waals surface area contributed by atoms with Gasteiger partial charge < -0.3 is 29.7 Å². The molecule has 0 aromatic heterocycles. The Morgan fingerprint density at radius 1 is 1.20 bits per heavy atom. The third-order valence-electron chi connectivity index (χ3n) is 3.79. The van der Waals surface area contributed by atoms with Gasteiger partial charge in [0.1, 0.15) is 0 Å². The van der Waals surface area contributed by atoms with Crippen molar-refractivity contribution in [2.45, 2.75) is 39.5 Å². The van der Waals surface area contributed by atoms with Crippen LogP contribution in [0, 0.1) is 5.92 Å². The molecule has 2 amide bonds. The van der Waals surface area contributed by atoms with Gasteiger partial charge in [-0.2, -0.15) is 0 Å². The number of ether oxygens (including phenoxy) is 1. The Morgan fingerprint density at radius 2 is 1.72 bits per heavy atom. The summed E-state index contributed by atoms with van der Waals surface area (Å²) in [5.74, 6) is -2.65. The molecule has 1 saturated heterocycles. The Hall–Kier alpha value is -0.990. The van der Waals surface area contributed by atoms with Crippen LogP contribution in [0.4, 0.5) is 0 Å². The second-order valence-corrected chi connectivity index (χ2v) is 8.11. The van der Waals surface area contributed by atoms with Crippen LogP contribution in [-0.2, 0) is 27.9 Å². The maximum absolute atomic E-state index is 13.1. The summed E-state index contributed by atoms with van der Waals surface area (Å²) in [6.07, 6.45) is 0. The van der Waals surface area contributed by atoms with Crippen LogP contribution in [0.25, 0.3) is 0 Å². The van der Waals surface area contributed by atoms with E-state index < -0.39 is 31.2 Å². The standard InChI is InChI=1S/C15H30N3O6P/c1-5-23-25(21,24-6-2)14(17-13(19)12(16)11(3)4)15(20)18-7-9-22-10-8-18/h11-12,14H,5-10,16H2,1-4H3,(H,17,19). The summed E-state index contributed by atoms with van der Waals surface area (Å²) in [6, 6.07) is -0.836. The molecule has 9 nitrogen and oxygen atoms in total. The highest BCUT2D eigenvalue weighted by Crippen LogP contribution is 2.52. The predicted molar refractivity (Wildman–Crippen MR) is 93.0 cm³/mol. The summed E-state index contributed by atoms with van der Waals surface area (Å²) in [5, 5.41) is 2.50. The van der Waals surface area contributed by atoms with Crippen LogP contribution in [-0.4, -0.2) is 68.1 Å². The van der Waals surface area contributed by atoms with E-state index in [2.05, 4.69) is 5.32 Å². The maximum Gasteiger partial charge on any atom is 0.362 e. The predicted octanol–water partition coefficient (Wildman–Crippen LogP) is 0.537. The number of hydrogen-bond donors (Lipinski definition) is 2. The first-order valence-corrected chi connectivity index (χ1v) is 10.2. The zero-order valence-electron chi connectivity index (χ0n) is 15.4. The van der Waals surface area contributed by atoms with Gasteiger partial charge in [-0.15, -0.1) is 0 Å². The lowest BCUT2D eigenvalue weighted by molar-refractivity contribution is -0.138. The van der Waals surface area contributed by atoms with E-state index in [0.29, 0.717) is 26.3 Å². The Labute approximate surface area is 149 Å². The minimum Gasteiger partial charge on any atom is -0.378 e. The molecule has 1 rings (SSSR count). The third-order valence-corrected chi connectivity index (χ3v) is 6.01. The highest BCUT2D eigenvalue weighted by molar-refractivity contribution is 7.55. The fourth-order valence-corrected chi connectivity index (χ4v) is 4.12. The van der Waals surface area contributed by atoms with Crippen molar-refractivity contribution in [2.75, 3.05) is 39.5 Å². The molecular formula is C15H30N3O6P. The molecule has 25 heavy (non-hydrogen) atoms. The summed E-state index contributed by atoms with van der Waals surface area (Å²) >= 11 is 0. The summed E-state index contributed by atoms with van der Waals surface area (Å²) in [6.45, 7) is 8.47. The van der Waals surface area contributed by atoms with E-state index in [9.17, 15) is 14.2 Å². The van der Waals surface area contributed by atoms with Gasteiger partial charge in [-0.25, -0.2) is 0 Å². The average Bonchev–Trinajstić information content (AvgIpc) is 2.59. The van der Waals surface area contributed by atoms with Gasteiger partial charge >= 0.3 is 7.60 Å². The van der Waals surface area contributed by atoms with E-state index in [1.165, 1.54) is 4.90 Å². The zero-order valence-corrected chi connectivity index (χ0v) is 16.3. The van der Waals surface area contributed by atoms with Crippen molar-refractivity contribution >= 4 is 19.4 Å². The van der Waals surface area contributed by atoms with E-state index in [1.807, 2.05) is 0 Å². The molecule has 0 aromatic carbocycles. The zero-order chi connectivity index (χ0) is 19.0. The molecule has 0 bridgehead atoms. The van der Waals surface area contributed by atoms with E-state index in [4.69, 9.17) is 19.5 Å². The van der Waals surface area contributed by atoms with Crippen LogP contribution in [0.2, 0.25) is 0 Å². The van der Waals surface area contributed by atoms with Gasteiger partial charge in [-0.05, 0) is 19.8 Å². The molecule has 2 atom stereocenters. The number of hydrogen-bond acceptors (Lipinski definition) is 7. The molecule has 2 unspecified atom stereocenters. The molecule has 1 fully saturated rings. The molecule has 146 valence electrons. The van der Waals surface area contributed by atoms with Crippen molar-refractivity contribution < 1.29 is 27.9 Å². The lowest BCUT2D eigenvalue weighted by Crippen LogP contribution is -2.55. The minimum absolute atomic E-state index is 0.0796.